The molecule has 17 heavy (non-hydrogen) atoms. The predicted octanol–water partition coefficient (Wildman–Crippen LogP) is 2.65. The van der Waals surface area contributed by atoms with Crippen molar-refractivity contribution in [2.45, 2.75) is 6.92 Å². The molecule has 0 aliphatic rings. The molecule has 0 atom stereocenters. The maximum atomic E-state index is 11.5. The number of rotatable bonds is 3. The van der Waals surface area contributed by atoms with Crippen molar-refractivity contribution >= 4 is 28.6 Å². The highest BCUT2D eigenvalue weighted by molar-refractivity contribution is 14.1. The zero-order valence-corrected chi connectivity index (χ0v) is 11.4. The van der Waals surface area contributed by atoms with Crippen molar-refractivity contribution in [2.75, 3.05) is 6.61 Å². The first-order chi connectivity index (χ1) is 8.20. The van der Waals surface area contributed by atoms with Gasteiger partial charge < -0.3 is 4.74 Å². The number of hydrogen-bond acceptors (Lipinski definition) is 3. The Balaban J connectivity index is 2.21. The minimum atomic E-state index is -0.297. The minimum Gasteiger partial charge on any atom is -0.462 e. The molecule has 88 valence electrons. The molecule has 4 nitrogen and oxygen atoms in total. The van der Waals surface area contributed by atoms with Crippen LogP contribution in [0.25, 0.3) is 5.69 Å². The molecule has 0 spiro atoms. The molecule has 0 aliphatic carbocycles. The van der Waals surface area contributed by atoms with Gasteiger partial charge in [-0.15, -0.1) is 0 Å². The fourth-order valence-electron chi connectivity index (χ4n) is 1.41. The van der Waals surface area contributed by atoms with Crippen LogP contribution in [0.2, 0.25) is 0 Å². The lowest BCUT2D eigenvalue weighted by Gasteiger charge is -2.03. The molecule has 1 heterocycles. The van der Waals surface area contributed by atoms with E-state index in [2.05, 4.69) is 27.7 Å². The second-order valence-electron chi connectivity index (χ2n) is 3.37. The molecule has 0 unspecified atom stereocenters. The van der Waals surface area contributed by atoms with Gasteiger partial charge in [0.2, 0.25) is 0 Å². The summed E-state index contributed by atoms with van der Waals surface area (Å²) in [7, 11) is 0. The van der Waals surface area contributed by atoms with E-state index in [1.165, 1.54) is 0 Å². The molecule has 1 aromatic heterocycles. The van der Waals surface area contributed by atoms with E-state index in [0.29, 0.717) is 12.2 Å². The summed E-state index contributed by atoms with van der Waals surface area (Å²) in [6.07, 6.45) is 3.69. The smallest absolute Gasteiger partial charge is 0.338 e. The van der Waals surface area contributed by atoms with E-state index in [0.717, 1.165) is 9.26 Å². The Kier molecular flexibility index (Phi) is 3.78. The van der Waals surface area contributed by atoms with Crippen molar-refractivity contribution in [1.82, 2.24) is 9.78 Å². The van der Waals surface area contributed by atoms with Gasteiger partial charge in [-0.25, -0.2) is 9.48 Å². The van der Waals surface area contributed by atoms with Gasteiger partial charge in [-0.3, -0.25) is 0 Å². The van der Waals surface area contributed by atoms with Crippen LogP contribution >= 0.6 is 22.6 Å². The van der Waals surface area contributed by atoms with Crippen molar-refractivity contribution < 1.29 is 9.53 Å². The van der Waals surface area contributed by atoms with Gasteiger partial charge in [-0.1, -0.05) is 0 Å². The third-order valence-electron chi connectivity index (χ3n) is 2.19. The number of carbonyl (C=O) groups excluding carboxylic acids is 1. The molecule has 0 amide bonds. The lowest BCUT2D eigenvalue weighted by atomic mass is 10.2. The van der Waals surface area contributed by atoms with Gasteiger partial charge in [0.25, 0.3) is 0 Å². The van der Waals surface area contributed by atoms with Gasteiger partial charge in [-0.05, 0) is 53.8 Å². The third kappa shape index (κ3) is 2.85. The topological polar surface area (TPSA) is 44.1 Å². The van der Waals surface area contributed by atoms with E-state index >= 15 is 0 Å². The molecular weight excluding hydrogens is 331 g/mol. The predicted molar refractivity (Wildman–Crippen MR) is 72.2 cm³/mol. The van der Waals surface area contributed by atoms with Crippen molar-refractivity contribution in [2.24, 2.45) is 0 Å². The number of halogens is 1. The Morgan fingerprint density at radius 2 is 2.12 bits per heavy atom. The number of esters is 1. The van der Waals surface area contributed by atoms with Crippen LogP contribution in [0, 0.1) is 3.57 Å². The molecule has 2 aromatic rings. The van der Waals surface area contributed by atoms with E-state index in [4.69, 9.17) is 4.74 Å². The molecule has 0 bridgehead atoms. The van der Waals surface area contributed by atoms with Crippen LogP contribution in [0.5, 0.6) is 0 Å². The summed E-state index contributed by atoms with van der Waals surface area (Å²) in [6.45, 7) is 2.18. The van der Waals surface area contributed by atoms with E-state index in [-0.39, 0.29) is 5.97 Å². The summed E-state index contributed by atoms with van der Waals surface area (Å²) in [4.78, 5) is 11.5. The standard InChI is InChI=1S/C12H11IN2O2/c1-2-17-12(16)9-3-5-11(6-4-9)15-8-10(13)7-14-15/h3-8H,2H2,1H3. The highest BCUT2D eigenvalue weighted by atomic mass is 127. The highest BCUT2D eigenvalue weighted by Gasteiger charge is 2.06. The number of aromatic nitrogens is 2. The Morgan fingerprint density at radius 1 is 1.41 bits per heavy atom. The highest BCUT2D eigenvalue weighted by Crippen LogP contribution is 2.11. The second-order valence-corrected chi connectivity index (χ2v) is 4.62. The summed E-state index contributed by atoms with van der Waals surface area (Å²) in [5.74, 6) is -0.297. The summed E-state index contributed by atoms with van der Waals surface area (Å²) in [5.41, 5.74) is 1.47. The summed E-state index contributed by atoms with van der Waals surface area (Å²) < 4.78 is 7.74. The first-order valence-corrected chi connectivity index (χ1v) is 6.26. The quantitative estimate of drug-likeness (QED) is 0.636. The van der Waals surface area contributed by atoms with Crippen molar-refractivity contribution in [1.29, 1.82) is 0 Å². The van der Waals surface area contributed by atoms with Crippen LogP contribution in [0.4, 0.5) is 0 Å². The van der Waals surface area contributed by atoms with E-state index in [1.54, 1.807) is 29.9 Å². The van der Waals surface area contributed by atoms with E-state index < -0.39 is 0 Å². The normalized spacial score (nSPS) is 10.2. The number of hydrogen-bond donors (Lipinski definition) is 0. The number of carbonyl (C=O) groups is 1. The Bertz CT molecular complexity index is 520. The summed E-state index contributed by atoms with van der Waals surface area (Å²) >= 11 is 2.20. The Morgan fingerprint density at radius 3 is 2.65 bits per heavy atom. The fraction of sp³-hybridized carbons (Fsp3) is 0.167. The molecule has 0 saturated carbocycles. The zero-order valence-electron chi connectivity index (χ0n) is 9.26. The SMILES string of the molecule is CCOC(=O)c1ccc(-n2cc(I)cn2)cc1. The molecule has 0 aliphatic heterocycles. The number of ether oxygens (including phenoxy) is 1. The van der Waals surface area contributed by atoms with Crippen molar-refractivity contribution in [3.05, 3.63) is 45.8 Å². The van der Waals surface area contributed by atoms with E-state index in [1.807, 2.05) is 18.3 Å². The van der Waals surface area contributed by atoms with Gasteiger partial charge in [0.1, 0.15) is 0 Å². The van der Waals surface area contributed by atoms with Crippen LogP contribution in [-0.2, 0) is 4.74 Å². The van der Waals surface area contributed by atoms with Crippen molar-refractivity contribution in [3.63, 3.8) is 0 Å². The largest absolute Gasteiger partial charge is 0.462 e. The Hall–Kier alpha value is -1.37. The summed E-state index contributed by atoms with van der Waals surface area (Å²) in [5, 5.41) is 4.19. The van der Waals surface area contributed by atoms with Gasteiger partial charge in [0.15, 0.2) is 0 Å². The van der Waals surface area contributed by atoms with Crippen LogP contribution < -0.4 is 0 Å². The van der Waals surface area contributed by atoms with Gasteiger partial charge in [0, 0.05) is 6.20 Å². The van der Waals surface area contributed by atoms with E-state index in [9.17, 15) is 4.79 Å². The molecule has 1 aromatic carbocycles. The molecule has 0 fully saturated rings. The minimum absolute atomic E-state index is 0.297. The number of nitrogens with zero attached hydrogens (tertiary/aromatic N) is 2. The van der Waals surface area contributed by atoms with Gasteiger partial charge in [0.05, 0.1) is 27.6 Å². The van der Waals surface area contributed by atoms with Crippen LogP contribution in [0.3, 0.4) is 0 Å². The van der Waals surface area contributed by atoms with Gasteiger partial charge >= 0.3 is 5.97 Å². The maximum Gasteiger partial charge on any atom is 0.338 e. The third-order valence-corrected chi connectivity index (χ3v) is 2.75. The van der Waals surface area contributed by atoms with Crippen LogP contribution in [0.1, 0.15) is 17.3 Å². The average molecular weight is 342 g/mol. The second kappa shape index (κ2) is 5.31. The summed E-state index contributed by atoms with van der Waals surface area (Å²) in [6, 6.07) is 7.16. The maximum absolute atomic E-state index is 11.5. The molecular formula is C12H11IN2O2. The molecule has 0 saturated heterocycles. The van der Waals surface area contributed by atoms with Gasteiger partial charge in [-0.2, -0.15) is 5.10 Å². The fourth-order valence-corrected chi connectivity index (χ4v) is 1.80. The van der Waals surface area contributed by atoms with Crippen molar-refractivity contribution in [3.8, 4) is 5.69 Å². The molecule has 0 N–H and O–H groups in total. The zero-order chi connectivity index (χ0) is 12.3. The molecule has 5 heteroatoms. The lowest BCUT2D eigenvalue weighted by molar-refractivity contribution is 0.0526. The first kappa shape index (κ1) is 12.1. The lowest BCUT2D eigenvalue weighted by Crippen LogP contribution is -2.04. The average Bonchev–Trinajstić information content (AvgIpc) is 2.76. The van der Waals surface area contributed by atoms with Crippen LogP contribution in [0.15, 0.2) is 36.7 Å². The number of benzene rings is 1. The molecule has 2 rings (SSSR count). The molecule has 0 radical (unpaired) electrons. The first-order valence-electron chi connectivity index (χ1n) is 5.18. The monoisotopic (exact) mass is 342 g/mol. The Labute approximate surface area is 113 Å². The van der Waals surface area contributed by atoms with Crippen LogP contribution in [-0.4, -0.2) is 22.4 Å².